The Morgan fingerprint density at radius 1 is 1.29 bits per heavy atom. The molecule has 3 rings (SSSR count). The molecule has 6 heteroatoms. The van der Waals surface area contributed by atoms with Gasteiger partial charge in [0, 0.05) is 10.5 Å². The molecular weight excluding hydrogens is 352 g/mol. The molecule has 0 unspecified atom stereocenters. The fraction of sp³-hybridized carbons (Fsp3) is 0.0667. The van der Waals surface area contributed by atoms with Crippen LogP contribution in [0.2, 0.25) is 0 Å². The number of carbonyl (C=O) groups is 1. The minimum absolute atomic E-state index is 0.289. The lowest BCUT2D eigenvalue weighted by atomic mass is 10.3. The van der Waals surface area contributed by atoms with Gasteiger partial charge in [0.2, 0.25) is 0 Å². The highest BCUT2D eigenvalue weighted by Crippen LogP contribution is 2.30. The molecule has 0 aliphatic carbocycles. The van der Waals surface area contributed by atoms with E-state index in [-0.39, 0.29) is 5.69 Å². The Balaban J connectivity index is 2.21. The van der Waals surface area contributed by atoms with Crippen molar-refractivity contribution in [1.29, 1.82) is 0 Å². The van der Waals surface area contributed by atoms with Crippen molar-refractivity contribution in [3.63, 3.8) is 0 Å². The monoisotopic (exact) mass is 362 g/mol. The molecule has 3 aromatic rings. The number of esters is 1. The van der Waals surface area contributed by atoms with Gasteiger partial charge in [-0.15, -0.1) is 11.3 Å². The minimum atomic E-state index is -0.446. The summed E-state index contributed by atoms with van der Waals surface area (Å²) in [4.78, 5) is 12.8. The van der Waals surface area contributed by atoms with E-state index in [9.17, 15) is 4.79 Å². The van der Waals surface area contributed by atoms with Crippen molar-refractivity contribution in [2.45, 2.75) is 0 Å². The van der Waals surface area contributed by atoms with Gasteiger partial charge in [-0.25, -0.2) is 9.48 Å². The number of halogens is 1. The molecule has 0 amide bonds. The molecule has 0 bridgehead atoms. The number of methoxy groups -OCH3 is 1. The van der Waals surface area contributed by atoms with E-state index < -0.39 is 5.97 Å². The first-order chi connectivity index (χ1) is 10.2. The molecule has 0 aliphatic rings. The second-order valence-corrected chi connectivity index (χ2v) is 6.05. The summed E-state index contributed by atoms with van der Waals surface area (Å²) in [6, 6.07) is 13.4. The summed E-state index contributed by atoms with van der Waals surface area (Å²) in [5.41, 5.74) is 2.02. The van der Waals surface area contributed by atoms with Crippen LogP contribution in [-0.4, -0.2) is 22.9 Å². The number of ether oxygens (including phenoxy) is 1. The second-order valence-electron chi connectivity index (χ2n) is 4.25. The second kappa shape index (κ2) is 5.83. The van der Waals surface area contributed by atoms with Crippen LogP contribution in [0.3, 0.4) is 0 Å². The molecule has 4 nitrogen and oxygen atoms in total. The number of nitrogens with zero attached hydrogens (tertiary/aromatic N) is 2. The van der Waals surface area contributed by atoms with Crippen LogP contribution in [-0.2, 0) is 4.74 Å². The number of aromatic nitrogens is 2. The lowest BCUT2D eigenvalue weighted by Crippen LogP contribution is -2.04. The van der Waals surface area contributed by atoms with Crippen LogP contribution in [0.5, 0.6) is 0 Å². The molecule has 0 saturated heterocycles. The van der Waals surface area contributed by atoms with Crippen LogP contribution in [0.1, 0.15) is 10.5 Å². The van der Waals surface area contributed by atoms with E-state index >= 15 is 0 Å². The van der Waals surface area contributed by atoms with Crippen molar-refractivity contribution in [2.75, 3.05) is 7.11 Å². The standard InChI is InChI=1S/C15H11BrN2O2S/c1-20-15(19)11-9-13(14-7-4-8-21-14)18(17-11)12-6-3-2-5-10(12)16/h2-9H,1H3. The van der Waals surface area contributed by atoms with Gasteiger partial charge in [-0.1, -0.05) is 18.2 Å². The summed E-state index contributed by atoms with van der Waals surface area (Å²) in [5.74, 6) is -0.446. The van der Waals surface area contributed by atoms with Gasteiger partial charge in [-0.05, 0) is 39.5 Å². The highest BCUT2D eigenvalue weighted by molar-refractivity contribution is 9.10. The summed E-state index contributed by atoms with van der Waals surface area (Å²) >= 11 is 5.12. The zero-order valence-corrected chi connectivity index (χ0v) is 13.5. The zero-order chi connectivity index (χ0) is 14.8. The molecule has 1 aromatic carbocycles. The van der Waals surface area contributed by atoms with E-state index in [2.05, 4.69) is 21.0 Å². The number of hydrogen-bond acceptors (Lipinski definition) is 4. The number of thiophene rings is 1. The van der Waals surface area contributed by atoms with Crippen molar-refractivity contribution in [2.24, 2.45) is 0 Å². The van der Waals surface area contributed by atoms with Gasteiger partial charge >= 0.3 is 5.97 Å². The minimum Gasteiger partial charge on any atom is -0.464 e. The first kappa shape index (κ1) is 14.0. The molecule has 0 saturated carbocycles. The van der Waals surface area contributed by atoms with Gasteiger partial charge in [0.05, 0.1) is 23.4 Å². The molecule has 0 aliphatic heterocycles. The maximum absolute atomic E-state index is 11.8. The number of carbonyl (C=O) groups excluding carboxylic acids is 1. The summed E-state index contributed by atoms with van der Waals surface area (Å²) in [6.07, 6.45) is 0. The fourth-order valence-corrected chi connectivity index (χ4v) is 3.17. The van der Waals surface area contributed by atoms with Crippen LogP contribution >= 0.6 is 27.3 Å². The summed E-state index contributed by atoms with van der Waals surface area (Å²) in [7, 11) is 1.35. The average Bonchev–Trinajstić information content (AvgIpc) is 3.15. The SMILES string of the molecule is COC(=O)c1cc(-c2cccs2)n(-c2ccccc2Br)n1. The number of para-hydroxylation sites is 1. The van der Waals surface area contributed by atoms with Gasteiger partial charge in [0.15, 0.2) is 5.69 Å². The van der Waals surface area contributed by atoms with Crippen molar-refractivity contribution < 1.29 is 9.53 Å². The molecule has 0 atom stereocenters. The summed E-state index contributed by atoms with van der Waals surface area (Å²) in [6.45, 7) is 0. The van der Waals surface area contributed by atoms with Crippen molar-refractivity contribution in [3.05, 3.63) is 58.0 Å². The van der Waals surface area contributed by atoms with Crippen molar-refractivity contribution in [3.8, 4) is 16.3 Å². The highest BCUT2D eigenvalue weighted by Gasteiger charge is 2.18. The fourth-order valence-electron chi connectivity index (χ4n) is 1.99. The Morgan fingerprint density at radius 2 is 2.10 bits per heavy atom. The normalized spacial score (nSPS) is 10.6. The van der Waals surface area contributed by atoms with E-state index in [1.54, 1.807) is 22.1 Å². The van der Waals surface area contributed by atoms with E-state index in [4.69, 9.17) is 4.74 Å². The van der Waals surface area contributed by atoms with Crippen molar-refractivity contribution in [1.82, 2.24) is 9.78 Å². The predicted octanol–water partition coefficient (Wildman–Crippen LogP) is 4.15. The lowest BCUT2D eigenvalue weighted by Gasteiger charge is -2.07. The first-order valence-corrected chi connectivity index (χ1v) is 7.85. The van der Waals surface area contributed by atoms with Crippen LogP contribution in [0.4, 0.5) is 0 Å². The molecule has 0 spiro atoms. The number of hydrogen-bond donors (Lipinski definition) is 0. The van der Waals surface area contributed by atoms with E-state index in [0.29, 0.717) is 0 Å². The highest BCUT2D eigenvalue weighted by atomic mass is 79.9. The molecule has 2 aromatic heterocycles. The molecule has 21 heavy (non-hydrogen) atoms. The van der Waals surface area contributed by atoms with E-state index in [1.165, 1.54) is 7.11 Å². The molecule has 0 N–H and O–H groups in total. The van der Waals surface area contributed by atoms with E-state index in [1.807, 2.05) is 41.8 Å². The Morgan fingerprint density at radius 3 is 2.76 bits per heavy atom. The summed E-state index contributed by atoms with van der Waals surface area (Å²) < 4.78 is 7.42. The van der Waals surface area contributed by atoms with Crippen LogP contribution in [0.15, 0.2) is 52.3 Å². The Labute approximate surface area is 134 Å². The molecule has 2 heterocycles. The van der Waals surface area contributed by atoms with Gasteiger partial charge in [-0.3, -0.25) is 0 Å². The number of benzene rings is 1. The Kier molecular flexibility index (Phi) is 3.90. The quantitative estimate of drug-likeness (QED) is 0.657. The van der Waals surface area contributed by atoms with Crippen LogP contribution < -0.4 is 0 Å². The third-order valence-electron chi connectivity index (χ3n) is 2.96. The molecule has 106 valence electrons. The Bertz CT molecular complexity index is 781. The predicted molar refractivity (Wildman–Crippen MR) is 85.9 cm³/mol. The average molecular weight is 363 g/mol. The Hall–Kier alpha value is -1.92. The third-order valence-corrected chi connectivity index (χ3v) is 4.52. The third kappa shape index (κ3) is 2.64. The van der Waals surface area contributed by atoms with Crippen LogP contribution in [0, 0.1) is 0 Å². The molecule has 0 radical (unpaired) electrons. The van der Waals surface area contributed by atoms with Gasteiger partial charge < -0.3 is 4.74 Å². The topological polar surface area (TPSA) is 44.1 Å². The van der Waals surface area contributed by atoms with Crippen molar-refractivity contribution >= 4 is 33.2 Å². The smallest absolute Gasteiger partial charge is 0.358 e. The number of rotatable bonds is 3. The van der Waals surface area contributed by atoms with E-state index in [0.717, 1.165) is 20.7 Å². The maximum Gasteiger partial charge on any atom is 0.358 e. The molecular formula is C15H11BrN2O2S. The first-order valence-electron chi connectivity index (χ1n) is 6.18. The van der Waals surface area contributed by atoms with Gasteiger partial charge in [0.25, 0.3) is 0 Å². The summed E-state index contributed by atoms with van der Waals surface area (Å²) in [5, 5.41) is 6.38. The van der Waals surface area contributed by atoms with Gasteiger partial charge in [-0.2, -0.15) is 5.10 Å². The maximum atomic E-state index is 11.8. The van der Waals surface area contributed by atoms with Gasteiger partial charge in [0.1, 0.15) is 0 Å². The largest absolute Gasteiger partial charge is 0.464 e. The lowest BCUT2D eigenvalue weighted by molar-refractivity contribution is 0.0593. The zero-order valence-electron chi connectivity index (χ0n) is 11.1. The van der Waals surface area contributed by atoms with Crippen LogP contribution in [0.25, 0.3) is 16.3 Å². The molecule has 0 fully saturated rings.